The number of rotatable bonds is 7. The van der Waals surface area contributed by atoms with Gasteiger partial charge in [0.05, 0.1) is 6.54 Å². The van der Waals surface area contributed by atoms with Crippen LogP contribution in [0, 0.1) is 0 Å². The van der Waals surface area contributed by atoms with E-state index in [1.165, 1.54) is 11.9 Å². The van der Waals surface area contributed by atoms with Crippen LogP contribution in [0.25, 0.3) is 0 Å². The van der Waals surface area contributed by atoms with Crippen LogP contribution >= 0.6 is 24.0 Å². The van der Waals surface area contributed by atoms with E-state index in [9.17, 15) is 13.2 Å². The molecule has 0 aromatic heterocycles. The first-order valence-electron chi connectivity index (χ1n) is 6.09. The second kappa shape index (κ2) is 11.6. The Labute approximate surface area is 130 Å². The molecule has 0 aliphatic rings. The molecule has 0 aliphatic carbocycles. The average Bonchev–Trinajstić information content (AvgIpc) is 2.26. The predicted octanol–water partition coefficient (Wildman–Crippen LogP) is 2.06. The quantitative estimate of drug-likeness (QED) is 0.300. The highest BCUT2D eigenvalue weighted by Gasteiger charge is 2.28. The van der Waals surface area contributed by atoms with Crippen molar-refractivity contribution in [3.05, 3.63) is 0 Å². The van der Waals surface area contributed by atoms with Gasteiger partial charge in [-0.2, -0.15) is 13.2 Å². The summed E-state index contributed by atoms with van der Waals surface area (Å²) in [5.74, 6) is 0.690. The first-order valence-corrected chi connectivity index (χ1v) is 6.09. The van der Waals surface area contributed by atoms with Gasteiger partial charge in [0, 0.05) is 20.1 Å². The monoisotopic (exact) mass is 396 g/mol. The van der Waals surface area contributed by atoms with Crippen molar-refractivity contribution < 1.29 is 13.2 Å². The second-order valence-corrected chi connectivity index (χ2v) is 4.13. The van der Waals surface area contributed by atoms with Crippen molar-refractivity contribution in [2.24, 2.45) is 4.99 Å². The number of alkyl halides is 3. The molecule has 0 aliphatic heterocycles. The fourth-order valence-corrected chi connectivity index (χ4v) is 1.40. The van der Waals surface area contributed by atoms with Crippen LogP contribution in [0.5, 0.6) is 0 Å². The maximum Gasteiger partial charge on any atom is 0.401 e. The van der Waals surface area contributed by atoms with Gasteiger partial charge in [-0.1, -0.05) is 6.92 Å². The number of guanidine groups is 1. The lowest BCUT2D eigenvalue weighted by Gasteiger charge is -2.18. The second-order valence-electron chi connectivity index (χ2n) is 4.13. The Bertz CT molecular complexity index is 247. The fourth-order valence-electron chi connectivity index (χ4n) is 1.40. The van der Waals surface area contributed by atoms with E-state index in [2.05, 4.69) is 15.6 Å². The summed E-state index contributed by atoms with van der Waals surface area (Å²) in [6.45, 7) is 3.01. The summed E-state index contributed by atoms with van der Waals surface area (Å²) in [5, 5.41) is 6.14. The summed E-state index contributed by atoms with van der Waals surface area (Å²) in [5.41, 5.74) is 0. The minimum atomic E-state index is -4.12. The number of aliphatic imine (C=N–C) groups is 1. The van der Waals surface area contributed by atoms with E-state index >= 15 is 0 Å². The molecule has 0 rings (SSSR count). The number of nitrogens with zero attached hydrogens (tertiary/aromatic N) is 2. The summed E-state index contributed by atoms with van der Waals surface area (Å²) < 4.78 is 36.2. The number of hydrogen-bond donors (Lipinski definition) is 2. The Kier molecular flexibility index (Phi) is 12.8. The molecular formula is C11H24F3IN4. The molecular weight excluding hydrogens is 372 g/mol. The molecule has 0 saturated heterocycles. The lowest BCUT2D eigenvalue weighted by Crippen LogP contribution is -2.39. The van der Waals surface area contributed by atoms with Crippen LogP contribution in [0.4, 0.5) is 13.2 Å². The predicted molar refractivity (Wildman–Crippen MR) is 83.2 cm³/mol. The molecule has 8 heteroatoms. The third-order valence-electron chi connectivity index (χ3n) is 2.22. The lowest BCUT2D eigenvalue weighted by molar-refractivity contribution is -0.143. The highest BCUT2D eigenvalue weighted by atomic mass is 127. The maximum absolute atomic E-state index is 12.1. The Balaban J connectivity index is 0. The first-order chi connectivity index (χ1) is 8.39. The average molecular weight is 396 g/mol. The normalized spacial score (nSPS) is 12.3. The van der Waals surface area contributed by atoms with Crippen LogP contribution < -0.4 is 10.6 Å². The van der Waals surface area contributed by atoms with Crippen molar-refractivity contribution in [3.63, 3.8) is 0 Å². The fraction of sp³-hybridized carbons (Fsp3) is 0.909. The van der Waals surface area contributed by atoms with Crippen LogP contribution in [0.3, 0.4) is 0 Å². The zero-order valence-electron chi connectivity index (χ0n) is 11.7. The lowest BCUT2D eigenvalue weighted by atomic mass is 10.4. The SMILES string of the molecule is CCCNC(=NC)NCCCN(C)CC(F)(F)F.I. The van der Waals surface area contributed by atoms with E-state index in [0.717, 1.165) is 13.0 Å². The van der Waals surface area contributed by atoms with Gasteiger partial charge in [0.15, 0.2) is 5.96 Å². The Hall–Kier alpha value is -0.250. The molecule has 0 aromatic carbocycles. The Morgan fingerprint density at radius 2 is 1.79 bits per heavy atom. The van der Waals surface area contributed by atoms with Crippen molar-refractivity contribution in [3.8, 4) is 0 Å². The third kappa shape index (κ3) is 14.0. The van der Waals surface area contributed by atoms with Crippen molar-refractivity contribution in [2.75, 3.05) is 40.3 Å². The minimum Gasteiger partial charge on any atom is -0.356 e. The smallest absolute Gasteiger partial charge is 0.356 e. The topological polar surface area (TPSA) is 39.7 Å². The van der Waals surface area contributed by atoms with E-state index in [0.29, 0.717) is 25.5 Å². The third-order valence-corrected chi connectivity index (χ3v) is 2.22. The van der Waals surface area contributed by atoms with Crippen molar-refractivity contribution >= 4 is 29.9 Å². The van der Waals surface area contributed by atoms with Gasteiger partial charge in [-0.25, -0.2) is 0 Å². The molecule has 0 fully saturated rings. The van der Waals surface area contributed by atoms with Gasteiger partial charge < -0.3 is 10.6 Å². The first kappa shape index (κ1) is 21.1. The summed E-state index contributed by atoms with van der Waals surface area (Å²) >= 11 is 0. The zero-order chi connectivity index (χ0) is 14.0. The highest BCUT2D eigenvalue weighted by molar-refractivity contribution is 14.0. The molecule has 0 atom stereocenters. The minimum absolute atomic E-state index is 0. The van der Waals surface area contributed by atoms with E-state index in [-0.39, 0.29) is 24.0 Å². The highest BCUT2D eigenvalue weighted by Crippen LogP contribution is 2.15. The van der Waals surface area contributed by atoms with Gasteiger partial charge >= 0.3 is 6.18 Å². The summed E-state index contributed by atoms with van der Waals surface area (Å²) in [6, 6.07) is 0. The number of halogens is 4. The zero-order valence-corrected chi connectivity index (χ0v) is 14.0. The van der Waals surface area contributed by atoms with Crippen LogP contribution in [-0.2, 0) is 0 Å². The summed E-state index contributed by atoms with van der Waals surface area (Å²) in [4.78, 5) is 5.27. The van der Waals surface area contributed by atoms with Crippen LogP contribution in [0.2, 0.25) is 0 Å². The molecule has 0 saturated carbocycles. The van der Waals surface area contributed by atoms with Crippen LogP contribution in [0.15, 0.2) is 4.99 Å². The van der Waals surface area contributed by atoms with Gasteiger partial charge in [-0.05, 0) is 26.4 Å². The van der Waals surface area contributed by atoms with Gasteiger partial charge in [0.1, 0.15) is 0 Å². The molecule has 0 unspecified atom stereocenters. The van der Waals surface area contributed by atoms with Gasteiger partial charge in [-0.3, -0.25) is 9.89 Å². The standard InChI is InChI=1S/C11H23F3N4.HI/c1-4-6-16-10(15-2)17-7-5-8-18(3)9-11(12,13)14;/h4-9H2,1-3H3,(H2,15,16,17);1H. The van der Waals surface area contributed by atoms with E-state index in [1.807, 2.05) is 6.92 Å². The molecule has 2 N–H and O–H groups in total. The van der Waals surface area contributed by atoms with Gasteiger partial charge in [-0.15, -0.1) is 24.0 Å². The largest absolute Gasteiger partial charge is 0.401 e. The molecule has 0 radical (unpaired) electrons. The molecule has 0 amide bonds. The van der Waals surface area contributed by atoms with Crippen LogP contribution in [0.1, 0.15) is 19.8 Å². The van der Waals surface area contributed by atoms with Crippen molar-refractivity contribution in [1.82, 2.24) is 15.5 Å². The van der Waals surface area contributed by atoms with E-state index < -0.39 is 12.7 Å². The van der Waals surface area contributed by atoms with Crippen molar-refractivity contribution in [2.45, 2.75) is 25.9 Å². The van der Waals surface area contributed by atoms with Gasteiger partial charge in [0.2, 0.25) is 0 Å². The molecule has 4 nitrogen and oxygen atoms in total. The Morgan fingerprint density at radius 1 is 1.21 bits per heavy atom. The molecule has 0 bridgehead atoms. The van der Waals surface area contributed by atoms with E-state index in [1.54, 1.807) is 7.05 Å². The molecule has 116 valence electrons. The maximum atomic E-state index is 12.1. The Morgan fingerprint density at radius 3 is 2.26 bits per heavy atom. The molecule has 19 heavy (non-hydrogen) atoms. The number of nitrogens with one attached hydrogen (secondary N) is 2. The molecule has 0 aromatic rings. The molecule has 0 heterocycles. The number of hydrogen-bond acceptors (Lipinski definition) is 2. The van der Waals surface area contributed by atoms with Crippen molar-refractivity contribution in [1.29, 1.82) is 0 Å². The van der Waals surface area contributed by atoms with Crippen LogP contribution in [-0.4, -0.2) is 57.3 Å². The van der Waals surface area contributed by atoms with E-state index in [4.69, 9.17) is 0 Å². The van der Waals surface area contributed by atoms with Gasteiger partial charge in [0.25, 0.3) is 0 Å². The molecule has 0 spiro atoms. The summed E-state index contributed by atoms with van der Waals surface area (Å²) in [6.07, 6.45) is -2.49. The summed E-state index contributed by atoms with van der Waals surface area (Å²) in [7, 11) is 3.14.